The highest BCUT2D eigenvalue weighted by Crippen LogP contribution is 2.34. The summed E-state index contributed by atoms with van der Waals surface area (Å²) in [6.07, 6.45) is 10.9. The summed E-state index contributed by atoms with van der Waals surface area (Å²) in [5.74, 6) is 4.40. The van der Waals surface area contributed by atoms with Gasteiger partial charge in [0.25, 0.3) is 0 Å². The molecule has 0 saturated carbocycles. The molecule has 0 saturated heterocycles. The van der Waals surface area contributed by atoms with Crippen LogP contribution in [0.5, 0.6) is 0 Å². The van der Waals surface area contributed by atoms with Crippen LogP contribution in [0.3, 0.4) is 0 Å². The number of carboxylic acids is 1. The Hall–Kier alpha value is -3.37. The Bertz CT molecular complexity index is 834. The van der Waals surface area contributed by atoms with Gasteiger partial charge >= 0.3 is 5.97 Å². The Morgan fingerprint density at radius 2 is 1.21 bits per heavy atom. The molecule has 0 heterocycles. The molecule has 0 aromatic heterocycles. The van der Waals surface area contributed by atoms with E-state index in [0.29, 0.717) is 24.2 Å². The number of hydrogen-bond acceptors (Lipinski definition) is 3. The molecule has 0 atom stereocenters. The van der Waals surface area contributed by atoms with Gasteiger partial charge in [0.15, 0.2) is 0 Å². The lowest BCUT2D eigenvalue weighted by Gasteiger charge is -2.28. The molecular weight excluding hydrogens is 360 g/mol. The van der Waals surface area contributed by atoms with Crippen LogP contribution < -0.4 is 9.80 Å². The van der Waals surface area contributed by atoms with Crippen molar-refractivity contribution in [3.05, 3.63) is 59.7 Å². The van der Waals surface area contributed by atoms with Crippen molar-refractivity contribution < 1.29 is 9.90 Å². The molecule has 2 aromatic carbocycles. The fraction of sp³-hybridized carbons (Fsp3) is 0.320. The van der Waals surface area contributed by atoms with Gasteiger partial charge in [-0.15, -0.1) is 12.8 Å². The number of benzene rings is 2. The number of terminal acetylenes is 2. The van der Waals surface area contributed by atoms with Crippen molar-refractivity contribution in [3.63, 3.8) is 0 Å². The van der Waals surface area contributed by atoms with Crippen LogP contribution in [0.4, 0.5) is 11.4 Å². The number of carboxylic acid groups (broad SMARTS) is 1. The standard InChI is InChI=1S/C25H28N2O2/c1-6-18-26(8-3)22-14-10-20(11-15-22)25(5,24(28)29)21-12-16-23(17-13-21)27(9-4)19-7-2/h1-2,10-17H,8-9,18-19H2,3-5H3,(H,28,29). The second-order valence-electron chi connectivity index (χ2n) is 6.96. The molecule has 2 rings (SSSR count). The number of aliphatic carboxylic acids is 1. The summed E-state index contributed by atoms with van der Waals surface area (Å²) in [5.41, 5.74) is 2.22. The van der Waals surface area contributed by atoms with E-state index >= 15 is 0 Å². The largest absolute Gasteiger partial charge is 0.480 e. The Kier molecular flexibility index (Phi) is 7.34. The highest BCUT2D eigenvalue weighted by atomic mass is 16.4. The monoisotopic (exact) mass is 388 g/mol. The molecule has 0 fully saturated rings. The minimum atomic E-state index is -1.16. The smallest absolute Gasteiger partial charge is 0.318 e. The molecule has 0 spiro atoms. The average Bonchev–Trinajstić information content (AvgIpc) is 2.75. The molecule has 4 heteroatoms. The quantitative estimate of drug-likeness (QED) is 0.660. The zero-order chi connectivity index (χ0) is 21.4. The van der Waals surface area contributed by atoms with E-state index in [4.69, 9.17) is 12.8 Å². The first kappa shape index (κ1) is 21.9. The van der Waals surface area contributed by atoms with Crippen molar-refractivity contribution >= 4 is 17.3 Å². The van der Waals surface area contributed by atoms with Gasteiger partial charge in [-0.2, -0.15) is 0 Å². The molecule has 2 aromatic rings. The van der Waals surface area contributed by atoms with Gasteiger partial charge in [0.2, 0.25) is 0 Å². The van der Waals surface area contributed by atoms with Crippen molar-refractivity contribution in [2.24, 2.45) is 0 Å². The molecule has 0 aliphatic carbocycles. The first-order chi connectivity index (χ1) is 13.9. The highest BCUT2D eigenvalue weighted by molar-refractivity contribution is 5.86. The van der Waals surface area contributed by atoms with Gasteiger partial charge in [0.1, 0.15) is 5.41 Å². The lowest BCUT2D eigenvalue weighted by molar-refractivity contribution is -0.141. The minimum absolute atomic E-state index is 0.513. The van der Waals surface area contributed by atoms with Gasteiger partial charge in [-0.25, -0.2) is 0 Å². The third kappa shape index (κ3) is 4.55. The van der Waals surface area contributed by atoms with Crippen LogP contribution in [-0.4, -0.2) is 37.3 Å². The van der Waals surface area contributed by atoms with Crippen molar-refractivity contribution in [2.45, 2.75) is 26.2 Å². The highest BCUT2D eigenvalue weighted by Gasteiger charge is 2.37. The van der Waals surface area contributed by atoms with Crippen LogP contribution in [0, 0.1) is 24.7 Å². The Balaban J connectivity index is 2.40. The molecule has 0 unspecified atom stereocenters. The maximum atomic E-state index is 12.3. The lowest BCUT2D eigenvalue weighted by atomic mass is 9.76. The molecular formula is C25H28N2O2. The van der Waals surface area contributed by atoms with Crippen LogP contribution >= 0.6 is 0 Å². The predicted octanol–water partition coefficient (Wildman–Crippen LogP) is 4.00. The van der Waals surface area contributed by atoms with Crippen LogP contribution in [0.25, 0.3) is 0 Å². The average molecular weight is 389 g/mol. The third-order valence-electron chi connectivity index (χ3n) is 5.38. The van der Waals surface area contributed by atoms with Crippen molar-refractivity contribution in [1.82, 2.24) is 0 Å². The maximum Gasteiger partial charge on any atom is 0.318 e. The third-order valence-corrected chi connectivity index (χ3v) is 5.38. The van der Waals surface area contributed by atoms with Gasteiger partial charge < -0.3 is 14.9 Å². The number of nitrogens with zero attached hydrogens (tertiary/aromatic N) is 2. The summed E-state index contributed by atoms with van der Waals surface area (Å²) in [6.45, 7) is 8.40. The second kappa shape index (κ2) is 9.71. The fourth-order valence-electron chi connectivity index (χ4n) is 3.42. The number of carbonyl (C=O) groups is 1. The normalized spacial score (nSPS) is 10.7. The molecule has 0 aliphatic rings. The van der Waals surface area contributed by atoms with Crippen molar-refractivity contribution in [1.29, 1.82) is 0 Å². The second-order valence-corrected chi connectivity index (χ2v) is 6.96. The number of rotatable bonds is 9. The maximum absolute atomic E-state index is 12.3. The number of anilines is 2. The van der Waals surface area contributed by atoms with E-state index in [9.17, 15) is 9.90 Å². The van der Waals surface area contributed by atoms with Crippen molar-refractivity contribution in [3.8, 4) is 24.7 Å². The minimum Gasteiger partial charge on any atom is -0.480 e. The summed E-state index contributed by atoms with van der Waals surface area (Å²) in [4.78, 5) is 16.4. The summed E-state index contributed by atoms with van der Waals surface area (Å²) in [6, 6.07) is 15.2. The zero-order valence-electron chi connectivity index (χ0n) is 17.4. The summed E-state index contributed by atoms with van der Waals surface area (Å²) in [7, 11) is 0. The molecule has 29 heavy (non-hydrogen) atoms. The van der Waals surface area contributed by atoms with Crippen LogP contribution in [-0.2, 0) is 10.2 Å². The zero-order valence-corrected chi connectivity index (χ0v) is 17.4. The molecule has 1 N–H and O–H groups in total. The number of hydrogen-bond donors (Lipinski definition) is 1. The fourth-order valence-corrected chi connectivity index (χ4v) is 3.42. The first-order valence-corrected chi connectivity index (χ1v) is 9.73. The molecule has 150 valence electrons. The van der Waals surface area contributed by atoms with Gasteiger partial charge in [-0.1, -0.05) is 36.1 Å². The van der Waals surface area contributed by atoms with Crippen molar-refractivity contribution in [2.75, 3.05) is 36.0 Å². The topological polar surface area (TPSA) is 43.8 Å². The summed E-state index contributed by atoms with van der Waals surface area (Å²) >= 11 is 0. The molecule has 0 aliphatic heterocycles. The molecule has 0 bridgehead atoms. The van der Waals surface area contributed by atoms with Gasteiger partial charge in [0.05, 0.1) is 13.1 Å². The van der Waals surface area contributed by atoms with Crippen LogP contribution in [0.15, 0.2) is 48.5 Å². The lowest BCUT2D eigenvalue weighted by Crippen LogP contribution is -2.34. The summed E-state index contributed by atoms with van der Waals surface area (Å²) in [5, 5.41) is 10.1. The SMILES string of the molecule is C#CCN(CC)c1ccc(C(C)(C(=O)O)c2ccc(N(CC)CC#C)cc2)cc1. The first-order valence-electron chi connectivity index (χ1n) is 9.73. The van der Waals surface area contributed by atoms with E-state index in [1.165, 1.54) is 0 Å². The predicted molar refractivity (Wildman–Crippen MR) is 120 cm³/mol. The van der Waals surface area contributed by atoms with E-state index in [-0.39, 0.29) is 0 Å². The Morgan fingerprint density at radius 3 is 1.45 bits per heavy atom. The van der Waals surface area contributed by atoms with E-state index in [2.05, 4.69) is 21.6 Å². The van der Waals surface area contributed by atoms with Crippen LogP contribution in [0.1, 0.15) is 31.9 Å². The summed E-state index contributed by atoms with van der Waals surface area (Å²) < 4.78 is 0. The van der Waals surface area contributed by atoms with E-state index in [1.54, 1.807) is 6.92 Å². The molecule has 4 nitrogen and oxygen atoms in total. The van der Waals surface area contributed by atoms with Gasteiger partial charge in [0, 0.05) is 24.5 Å². The van der Waals surface area contributed by atoms with Gasteiger partial charge in [-0.3, -0.25) is 4.79 Å². The van der Waals surface area contributed by atoms with E-state index in [1.807, 2.05) is 62.4 Å². The van der Waals surface area contributed by atoms with Gasteiger partial charge in [-0.05, 0) is 56.2 Å². The molecule has 0 amide bonds. The molecule has 0 radical (unpaired) electrons. The Labute approximate surface area is 174 Å². The van der Waals surface area contributed by atoms with E-state index in [0.717, 1.165) is 24.5 Å². The van der Waals surface area contributed by atoms with Crippen LogP contribution in [0.2, 0.25) is 0 Å². The Morgan fingerprint density at radius 1 is 0.862 bits per heavy atom. The van der Waals surface area contributed by atoms with E-state index < -0.39 is 11.4 Å².